The van der Waals surface area contributed by atoms with Crippen LogP contribution in [0.2, 0.25) is 0 Å². The molecule has 0 saturated carbocycles. The Morgan fingerprint density at radius 2 is 1.89 bits per heavy atom. The maximum absolute atomic E-state index is 11.9. The van der Waals surface area contributed by atoms with Crippen molar-refractivity contribution < 1.29 is 23.4 Å². The van der Waals surface area contributed by atoms with Crippen LogP contribution in [0, 0.1) is 0 Å². The molecule has 1 atom stereocenters. The van der Waals surface area contributed by atoms with E-state index in [2.05, 4.69) is 4.72 Å². The first-order valence-electron chi connectivity index (χ1n) is 5.41. The van der Waals surface area contributed by atoms with Crippen LogP contribution in [0.15, 0.2) is 29.2 Å². The molecule has 0 aliphatic heterocycles. The lowest BCUT2D eigenvalue weighted by atomic mass is 10.1. The molecule has 7 nitrogen and oxygen atoms in total. The standard InChI is InChI=1S/C11H16N2O5S/c1-11(16,7-14)6-13-19(17,18)9-4-2-8(3-5-9)10(12)15/h2-5,13-14,16H,6-7H2,1H3,(H2,12,15). The summed E-state index contributed by atoms with van der Waals surface area (Å²) >= 11 is 0. The molecule has 0 saturated heterocycles. The number of aliphatic hydroxyl groups is 2. The van der Waals surface area contributed by atoms with Gasteiger partial charge in [0.15, 0.2) is 0 Å². The van der Waals surface area contributed by atoms with Gasteiger partial charge in [0.25, 0.3) is 0 Å². The first-order chi connectivity index (χ1) is 8.68. The Morgan fingerprint density at radius 1 is 1.37 bits per heavy atom. The number of amides is 1. The number of nitrogens with one attached hydrogen (secondary N) is 1. The SMILES string of the molecule is CC(O)(CO)CNS(=O)(=O)c1ccc(C(N)=O)cc1. The second-order valence-corrected chi connectivity index (χ2v) is 6.14. The van der Waals surface area contributed by atoms with Gasteiger partial charge < -0.3 is 15.9 Å². The highest BCUT2D eigenvalue weighted by atomic mass is 32.2. The van der Waals surface area contributed by atoms with Gasteiger partial charge in [-0.15, -0.1) is 0 Å². The minimum Gasteiger partial charge on any atom is -0.393 e. The summed E-state index contributed by atoms with van der Waals surface area (Å²) in [5.41, 5.74) is 3.70. The van der Waals surface area contributed by atoms with E-state index in [1.54, 1.807) is 0 Å². The summed E-state index contributed by atoms with van der Waals surface area (Å²) in [4.78, 5) is 10.8. The molecule has 1 unspecified atom stereocenters. The van der Waals surface area contributed by atoms with Gasteiger partial charge in [-0.2, -0.15) is 0 Å². The average Bonchev–Trinajstić information content (AvgIpc) is 2.37. The van der Waals surface area contributed by atoms with Gasteiger partial charge in [-0.3, -0.25) is 4.79 Å². The maximum atomic E-state index is 11.9. The van der Waals surface area contributed by atoms with Crippen LogP contribution in [-0.4, -0.2) is 43.3 Å². The number of carbonyl (C=O) groups excluding carboxylic acids is 1. The van der Waals surface area contributed by atoms with Crippen molar-refractivity contribution in [2.24, 2.45) is 5.73 Å². The molecule has 1 aromatic rings. The van der Waals surface area contributed by atoms with Gasteiger partial charge in [-0.25, -0.2) is 13.1 Å². The molecular formula is C11H16N2O5S. The highest BCUT2D eigenvalue weighted by Crippen LogP contribution is 2.11. The Balaban J connectivity index is 2.86. The third kappa shape index (κ3) is 4.28. The van der Waals surface area contributed by atoms with E-state index < -0.39 is 28.1 Å². The van der Waals surface area contributed by atoms with Gasteiger partial charge in [0.1, 0.15) is 0 Å². The Morgan fingerprint density at radius 3 is 2.32 bits per heavy atom. The van der Waals surface area contributed by atoms with Crippen LogP contribution in [0.3, 0.4) is 0 Å². The fourth-order valence-electron chi connectivity index (χ4n) is 1.19. The smallest absolute Gasteiger partial charge is 0.248 e. The van der Waals surface area contributed by atoms with Crippen LogP contribution < -0.4 is 10.5 Å². The molecule has 0 aliphatic carbocycles. The van der Waals surface area contributed by atoms with Crippen LogP contribution in [0.25, 0.3) is 0 Å². The van der Waals surface area contributed by atoms with E-state index in [1.165, 1.54) is 31.2 Å². The third-order valence-corrected chi connectivity index (χ3v) is 3.85. The molecule has 0 spiro atoms. The molecule has 0 radical (unpaired) electrons. The first kappa shape index (κ1) is 15.6. The number of rotatable bonds is 6. The molecule has 0 aliphatic rings. The van der Waals surface area contributed by atoms with Crippen LogP contribution in [0.5, 0.6) is 0 Å². The molecule has 19 heavy (non-hydrogen) atoms. The molecule has 1 amide bonds. The quantitative estimate of drug-likeness (QED) is 0.523. The molecule has 0 aromatic heterocycles. The van der Waals surface area contributed by atoms with Crippen molar-refractivity contribution in [3.8, 4) is 0 Å². The fraction of sp³-hybridized carbons (Fsp3) is 0.364. The number of hydrogen-bond acceptors (Lipinski definition) is 5. The molecule has 1 aromatic carbocycles. The monoisotopic (exact) mass is 288 g/mol. The van der Waals surface area contributed by atoms with Gasteiger partial charge in [0, 0.05) is 12.1 Å². The Kier molecular flexibility index (Phi) is 4.64. The topological polar surface area (TPSA) is 130 Å². The van der Waals surface area contributed by atoms with E-state index >= 15 is 0 Å². The van der Waals surface area contributed by atoms with Crippen LogP contribution in [0.1, 0.15) is 17.3 Å². The number of sulfonamides is 1. The number of carbonyl (C=O) groups is 1. The second-order valence-electron chi connectivity index (χ2n) is 4.37. The number of primary amides is 1. The van der Waals surface area contributed by atoms with Gasteiger partial charge in [0.05, 0.1) is 17.1 Å². The van der Waals surface area contributed by atoms with E-state index in [-0.39, 0.29) is 17.0 Å². The van der Waals surface area contributed by atoms with Crippen molar-refractivity contribution in [2.75, 3.05) is 13.2 Å². The molecule has 0 fully saturated rings. The number of aliphatic hydroxyl groups excluding tert-OH is 1. The van der Waals surface area contributed by atoms with Gasteiger partial charge in [-0.05, 0) is 31.2 Å². The van der Waals surface area contributed by atoms with Crippen molar-refractivity contribution in [3.05, 3.63) is 29.8 Å². The maximum Gasteiger partial charge on any atom is 0.248 e. The van der Waals surface area contributed by atoms with Crippen molar-refractivity contribution in [1.29, 1.82) is 0 Å². The summed E-state index contributed by atoms with van der Waals surface area (Å²) in [5.74, 6) is -0.653. The zero-order chi connectivity index (χ0) is 14.7. The summed E-state index contributed by atoms with van der Waals surface area (Å²) in [6, 6.07) is 5.05. The van der Waals surface area contributed by atoms with Gasteiger partial charge in [0.2, 0.25) is 15.9 Å². The van der Waals surface area contributed by atoms with E-state index in [0.29, 0.717) is 0 Å². The summed E-state index contributed by atoms with van der Waals surface area (Å²) in [7, 11) is -3.82. The lowest BCUT2D eigenvalue weighted by Crippen LogP contribution is -2.43. The second kappa shape index (κ2) is 5.66. The number of nitrogens with two attached hydrogens (primary N) is 1. The predicted octanol–water partition coefficient (Wildman–Crippen LogP) is -1.19. The summed E-state index contributed by atoms with van der Waals surface area (Å²) in [5, 5.41) is 18.3. The van der Waals surface area contributed by atoms with Crippen molar-refractivity contribution in [2.45, 2.75) is 17.4 Å². The molecule has 106 valence electrons. The molecule has 8 heteroatoms. The zero-order valence-corrected chi connectivity index (χ0v) is 11.1. The van der Waals surface area contributed by atoms with Crippen molar-refractivity contribution in [3.63, 3.8) is 0 Å². The van der Waals surface area contributed by atoms with Gasteiger partial charge >= 0.3 is 0 Å². The van der Waals surface area contributed by atoms with Crippen LogP contribution in [0.4, 0.5) is 0 Å². The highest BCUT2D eigenvalue weighted by molar-refractivity contribution is 7.89. The number of benzene rings is 1. The summed E-state index contributed by atoms with van der Waals surface area (Å²) in [6.07, 6.45) is 0. The van der Waals surface area contributed by atoms with Gasteiger partial charge in [-0.1, -0.05) is 0 Å². The molecule has 0 heterocycles. The lowest BCUT2D eigenvalue weighted by molar-refractivity contribution is 0.00681. The third-order valence-electron chi connectivity index (χ3n) is 2.43. The molecule has 5 N–H and O–H groups in total. The van der Waals surface area contributed by atoms with Crippen LogP contribution in [-0.2, 0) is 10.0 Å². The lowest BCUT2D eigenvalue weighted by Gasteiger charge is -2.20. The van der Waals surface area contributed by atoms with Crippen LogP contribution >= 0.6 is 0 Å². The van der Waals surface area contributed by atoms with E-state index in [4.69, 9.17) is 10.8 Å². The Labute approximate surface area is 111 Å². The Bertz CT molecular complexity index is 551. The average molecular weight is 288 g/mol. The van der Waals surface area contributed by atoms with Crippen molar-refractivity contribution >= 4 is 15.9 Å². The fourth-order valence-corrected chi connectivity index (χ4v) is 2.35. The predicted molar refractivity (Wildman–Crippen MR) is 67.9 cm³/mol. The number of hydrogen-bond donors (Lipinski definition) is 4. The molecular weight excluding hydrogens is 272 g/mol. The first-order valence-corrected chi connectivity index (χ1v) is 6.89. The zero-order valence-electron chi connectivity index (χ0n) is 10.3. The summed E-state index contributed by atoms with van der Waals surface area (Å²) in [6.45, 7) is 0.394. The van der Waals surface area contributed by atoms with E-state index in [1.807, 2.05) is 0 Å². The molecule has 1 rings (SSSR count). The van der Waals surface area contributed by atoms with E-state index in [9.17, 15) is 18.3 Å². The normalized spacial score (nSPS) is 14.9. The minimum absolute atomic E-state index is 0.0637. The minimum atomic E-state index is -3.82. The van der Waals surface area contributed by atoms with Crippen molar-refractivity contribution in [1.82, 2.24) is 4.72 Å². The largest absolute Gasteiger partial charge is 0.393 e. The Hall–Kier alpha value is -1.48. The molecule has 0 bridgehead atoms. The summed E-state index contributed by atoms with van der Waals surface area (Å²) < 4.78 is 25.9. The van der Waals surface area contributed by atoms with E-state index in [0.717, 1.165) is 0 Å². The highest BCUT2D eigenvalue weighted by Gasteiger charge is 2.23.